The first-order chi connectivity index (χ1) is 8.19. The zero-order valence-corrected chi connectivity index (χ0v) is 10.2. The van der Waals surface area contributed by atoms with E-state index in [9.17, 15) is 4.79 Å². The van der Waals surface area contributed by atoms with Crippen LogP contribution in [-0.2, 0) is 11.3 Å². The molecule has 4 nitrogen and oxygen atoms in total. The zero-order chi connectivity index (χ0) is 12.3. The lowest BCUT2D eigenvalue weighted by atomic mass is 10.1. The highest BCUT2D eigenvalue weighted by Crippen LogP contribution is 2.12. The van der Waals surface area contributed by atoms with Crippen LogP contribution in [0.5, 0.6) is 0 Å². The highest BCUT2D eigenvalue weighted by molar-refractivity contribution is 5.58. The van der Waals surface area contributed by atoms with Gasteiger partial charge in [0.2, 0.25) is 0 Å². The minimum atomic E-state index is 0.0255. The monoisotopic (exact) mass is 233 g/mol. The normalized spacial score (nSPS) is 22.5. The molecule has 0 saturated carbocycles. The van der Waals surface area contributed by atoms with E-state index in [4.69, 9.17) is 5.73 Å². The minimum Gasteiger partial charge on any atom is -0.399 e. The number of hydrogen-bond donors (Lipinski definition) is 1. The third-order valence-corrected chi connectivity index (χ3v) is 3.32. The summed E-state index contributed by atoms with van der Waals surface area (Å²) in [7, 11) is 2.00. The van der Waals surface area contributed by atoms with E-state index in [0.717, 1.165) is 38.2 Å². The smallest absolute Gasteiger partial charge is 0.138 e. The molecule has 0 aromatic heterocycles. The summed E-state index contributed by atoms with van der Waals surface area (Å²) >= 11 is 0. The van der Waals surface area contributed by atoms with E-state index in [0.29, 0.717) is 0 Å². The Labute approximate surface area is 102 Å². The van der Waals surface area contributed by atoms with Gasteiger partial charge in [-0.15, -0.1) is 0 Å². The molecular weight excluding hydrogens is 214 g/mol. The number of rotatable bonds is 3. The molecule has 0 amide bonds. The molecule has 1 saturated heterocycles. The minimum absolute atomic E-state index is 0.0255. The van der Waals surface area contributed by atoms with E-state index < -0.39 is 0 Å². The SMILES string of the molecule is CN1CCN(Cc2ccc(N)cc2)CC1C=O. The number of carbonyl (C=O) groups is 1. The van der Waals surface area contributed by atoms with Gasteiger partial charge in [0.15, 0.2) is 0 Å². The second kappa shape index (κ2) is 5.29. The molecule has 1 fully saturated rings. The average molecular weight is 233 g/mol. The van der Waals surface area contributed by atoms with E-state index in [1.54, 1.807) is 0 Å². The summed E-state index contributed by atoms with van der Waals surface area (Å²) in [5.41, 5.74) is 7.69. The molecule has 1 heterocycles. The van der Waals surface area contributed by atoms with Crippen LogP contribution in [0.2, 0.25) is 0 Å². The van der Waals surface area contributed by atoms with Crippen molar-refractivity contribution in [1.82, 2.24) is 9.80 Å². The predicted molar refractivity (Wildman–Crippen MR) is 68.6 cm³/mol. The van der Waals surface area contributed by atoms with Gasteiger partial charge in [0.25, 0.3) is 0 Å². The Morgan fingerprint density at radius 2 is 2.06 bits per heavy atom. The van der Waals surface area contributed by atoms with Gasteiger partial charge in [-0.3, -0.25) is 9.80 Å². The molecule has 17 heavy (non-hydrogen) atoms. The van der Waals surface area contributed by atoms with Gasteiger partial charge in [-0.1, -0.05) is 12.1 Å². The van der Waals surface area contributed by atoms with Crippen LogP contribution in [0.4, 0.5) is 5.69 Å². The van der Waals surface area contributed by atoms with Crippen molar-refractivity contribution in [3.63, 3.8) is 0 Å². The molecule has 0 aliphatic carbocycles. The summed E-state index contributed by atoms with van der Waals surface area (Å²) in [4.78, 5) is 15.3. The maximum absolute atomic E-state index is 10.9. The molecule has 1 atom stereocenters. The third kappa shape index (κ3) is 3.05. The number of carbonyl (C=O) groups excluding carboxylic acids is 1. The van der Waals surface area contributed by atoms with E-state index in [-0.39, 0.29) is 6.04 Å². The van der Waals surface area contributed by atoms with Gasteiger partial charge < -0.3 is 10.5 Å². The lowest BCUT2D eigenvalue weighted by molar-refractivity contribution is -0.114. The first-order valence-electron chi connectivity index (χ1n) is 5.91. The molecule has 92 valence electrons. The van der Waals surface area contributed by atoms with Crippen LogP contribution in [-0.4, -0.2) is 48.8 Å². The van der Waals surface area contributed by atoms with Gasteiger partial charge >= 0.3 is 0 Å². The van der Waals surface area contributed by atoms with Crippen molar-refractivity contribution in [3.8, 4) is 0 Å². The van der Waals surface area contributed by atoms with Crippen LogP contribution in [0.15, 0.2) is 24.3 Å². The third-order valence-electron chi connectivity index (χ3n) is 3.32. The summed E-state index contributed by atoms with van der Waals surface area (Å²) in [5.74, 6) is 0. The van der Waals surface area contributed by atoms with Crippen LogP contribution in [0.1, 0.15) is 5.56 Å². The molecule has 1 aliphatic heterocycles. The first-order valence-corrected chi connectivity index (χ1v) is 5.91. The molecule has 4 heteroatoms. The van der Waals surface area contributed by atoms with Crippen molar-refractivity contribution >= 4 is 12.0 Å². The summed E-state index contributed by atoms with van der Waals surface area (Å²) in [6.07, 6.45) is 1.04. The van der Waals surface area contributed by atoms with Gasteiger partial charge in [0.1, 0.15) is 6.29 Å². The van der Waals surface area contributed by atoms with Gasteiger partial charge in [0, 0.05) is 31.9 Å². The number of hydrogen-bond acceptors (Lipinski definition) is 4. The van der Waals surface area contributed by atoms with Gasteiger partial charge in [-0.2, -0.15) is 0 Å². The molecule has 0 bridgehead atoms. The molecule has 1 aromatic carbocycles. The Morgan fingerprint density at radius 1 is 1.35 bits per heavy atom. The molecule has 1 unspecified atom stereocenters. The Kier molecular flexibility index (Phi) is 3.76. The quantitative estimate of drug-likeness (QED) is 0.613. The second-order valence-corrected chi connectivity index (χ2v) is 4.66. The molecule has 2 rings (SSSR count). The van der Waals surface area contributed by atoms with Crippen molar-refractivity contribution < 1.29 is 4.79 Å². The summed E-state index contributed by atoms with van der Waals surface area (Å²) < 4.78 is 0. The van der Waals surface area contributed by atoms with E-state index in [2.05, 4.69) is 9.80 Å². The number of aldehydes is 1. The number of benzene rings is 1. The number of anilines is 1. The largest absolute Gasteiger partial charge is 0.399 e. The fourth-order valence-electron chi connectivity index (χ4n) is 2.13. The molecule has 1 aromatic rings. The topological polar surface area (TPSA) is 49.6 Å². The van der Waals surface area contributed by atoms with Crippen LogP contribution in [0, 0.1) is 0 Å². The summed E-state index contributed by atoms with van der Waals surface area (Å²) in [6, 6.07) is 7.95. The maximum Gasteiger partial charge on any atom is 0.138 e. The fourth-order valence-corrected chi connectivity index (χ4v) is 2.13. The Balaban J connectivity index is 1.95. The number of nitrogens with two attached hydrogens (primary N) is 1. The van der Waals surface area contributed by atoms with Gasteiger partial charge in [0.05, 0.1) is 6.04 Å². The van der Waals surface area contributed by atoms with Crippen LogP contribution < -0.4 is 5.73 Å². The number of likely N-dealkylation sites (N-methyl/N-ethyl adjacent to an activating group) is 1. The standard InChI is InChI=1S/C13H19N3O/c1-15-6-7-16(9-13(15)10-17)8-11-2-4-12(14)5-3-11/h2-5,10,13H,6-9,14H2,1H3. The van der Waals surface area contributed by atoms with Gasteiger partial charge in [-0.05, 0) is 24.7 Å². The second-order valence-electron chi connectivity index (χ2n) is 4.66. The zero-order valence-electron chi connectivity index (χ0n) is 10.2. The van der Waals surface area contributed by atoms with Crippen molar-refractivity contribution in [1.29, 1.82) is 0 Å². The molecular formula is C13H19N3O. The predicted octanol–water partition coefficient (Wildman–Crippen LogP) is 0.584. The first kappa shape index (κ1) is 12.1. The Bertz CT molecular complexity index is 377. The summed E-state index contributed by atoms with van der Waals surface area (Å²) in [6.45, 7) is 3.65. The van der Waals surface area contributed by atoms with Crippen molar-refractivity contribution in [2.75, 3.05) is 32.4 Å². The van der Waals surface area contributed by atoms with Crippen LogP contribution >= 0.6 is 0 Å². The molecule has 1 aliphatic rings. The van der Waals surface area contributed by atoms with Crippen LogP contribution in [0.3, 0.4) is 0 Å². The lowest BCUT2D eigenvalue weighted by Gasteiger charge is -2.36. The molecule has 0 spiro atoms. The average Bonchev–Trinajstić information content (AvgIpc) is 2.34. The van der Waals surface area contributed by atoms with Crippen molar-refractivity contribution in [2.24, 2.45) is 0 Å². The Morgan fingerprint density at radius 3 is 2.71 bits per heavy atom. The highest BCUT2D eigenvalue weighted by atomic mass is 16.1. The fraction of sp³-hybridized carbons (Fsp3) is 0.462. The lowest BCUT2D eigenvalue weighted by Crippen LogP contribution is -2.51. The van der Waals surface area contributed by atoms with Crippen LogP contribution in [0.25, 0.3) is 0 Å². The number of piperazine rings is 1. The van der Waals surface area contributed by atoms with E-state index in [1.807, 2.05) is 31.3 Å². The maximum atomic E-state index is 10.9. The molecule has 2 N–H and O–H groups in total. The highest BCUT2D eigenvalue weighted by Gasteiger charge is 2.23. The van der Waals surface area contributed by atoms with E-state index >= 15 is 0 Å². The number of nitrogens with zero attached hydrogens (tertiary/aromatic N) is 2. The van der Waals surface area contributed by atoms with Crippen molar-refractivity contribution in [2.45, 2.75) is 12.6 Å². The summed E-state index contributed by atoms with van der Waals surface area (Å²) in [5, 5.41) is 0. The van der Waals surface area contributed by atoms with Gasteiger partial charge in [-0.25, -0.2) is 0 Å². The van der Waals surface area contributed by atoms with E-state index in [1.165, 1.54) is 5.56 Å². The number of nitrogen functional groups attached to an aromatic ring is 1. The molecule has 0 radical (unpaired) electrons. The van der Waals surface area contributed by atoms with Crippen molar-refractivity contribution in [3.05, 3.63) is 29.8 Å². The Hall–Kier alpha value is -1.39.